The first-order valence-corrected chi connectivity index (χ1v) is 8.67. The maximum Gasteiger partial charge on any atom is 0.274 e. The minimum absolute atomic E-state index is 0.109. The molecule has 138 valence electrons. The molecule has 1 atom stereocenters. The Bertz CT molecular complexity index is 672. The number of nitrogens with one attached hydrogen (secondary N) is 1. The first-order chi connectivity index (χ1) is 12.0. The van der Waals surface area contributed by atoms with Crippen molar-refractivity contribution in [1.82, 2.24) is 20.0 Å². The molecule has 25 heavy (non-hydrogen) atoms. The van der Waals surface area contributed by atoms with Gasteiger partial charge in [-0.15, -0.1) is 0 Å². The number of carbonyl (C=O) groups is 2. The van der Waals surface area contributed by atoms with Crippen molar-refractivity contribution < 1.29 is 19.1 Å². The highest BCUT2D eigenvalue weighted by molar-refractivity contribution is 5.94. The summed E-state index contributed by atoms with van der Waals surface area (Å²) in [5.74, 6) is -0.249. The molecule has 1 aromatic rings. The van der Waals surface area contributed by atoms with Gasteiger partial charge in [0.05, 0.1) is 26.2 Å². The smallest absolute Gasteiger partial charge is 0.274 e. The number of ether oxygens (including phenoxy) is 2. The van der Waals surface area contributed by atoms with E-state index in [2.05, 4.69) is 10.4 Å². The molecule has 0 radical (unpaired) electrons. The van der Waals surface area contributed by atoms with Crippen LogP contribution in [0.3, 0.4) is 0 Å². The second kappa shape index (κ2) is 7.13. The average Bonchev–Trinajstić information content (AvgIpc) is 3.14. The van der Waals surface area contributed by atoms with Crippen molar-refractivity contribution in [2.75, 3.05) is 40.5 Å². The van der Waals surface area contributed by atoms with Crippen molar-refractivity contribution in [2.24, 2.45) is 7.05 Å². The zero-order valence-corrected chi connectivity index (χ0v) is 15.1. The predicted octanol–water partition coefficient (Wildman–Crippen LogP) is -0.0975. The molecule has 1 N–H and O–H groups in total. The lowest BCUT2D eigenvalue weighted by Crippen LogP contribution is -2.50. The highest BCUT2D eigenvalue weighted by Gasteiger charge is 2.40. The lowest BCUT2D eigenvalue weighted by atomic mass is 9.98. The molecule has 2 heterocycles. The summed E-state index contributed by atoms with van der Waals surface area (Å²) in [5, 5.41) is 7.06. The van der Waals surface area contributed by atoms with Crippen molar-refractivity contribution in [2.45, 2.75) is 31.3 Å². The SMILES string of the molecule is CNC(=O)C[C@@]1(OC)COCCN(C(=O)c2nn(C)c3c2CCC3)C1. The zero-order valence-electron chi connectivity index (χ0n) is 15.1. The summed E-state index contributed by atoms with van der Waals surface area (Å²) >= 11 is 0. The van der Waals surface area contributed by atoms with Crippen LogP contribution in [0.2, 0.25) is 0 Å². The number of methoxy groups -OCH3 is 1. The van der Waals surface area contributed by atoms with Gasteiger partial charge in [0, 0.05) is 39.0 Å². The maximum absolute atomic E-state index is 13.1. The van der Waals surface area contributed by atoms with Crippen LogP contribution in [-0.2, 0) is 34.2 Å². The molecular weight excluding hydrogens is 324 g/mol. The highest BCUT2D eigenvalue weighted by atomic mass is 16.5. The Morgan fingerprint density at radius 1 is 1.40 bits per heavy atom. The molecule has 8 heteroatoms. The van der Waals surface area contributed by atoms with Crippen LogP contribution < -0.4 is 5.32 Å². The Balaban J connectivity index is 1.84. The van der Waals surface area contributed by atoms with Crippen molar-refractivity contribution in [3.05, 3.63) is 17.0 Å². The van der Waals surface area contributed by atoms with Gasteiger partial charge in [-0.3, -0.25) is 14.3 Å². The van der Waals surface area contributed by atoms with Gasteiger partial charge in [-0.05, 0) is 19.3 Å². The summed E-state index contributed by atoms with van der Waals surface area (Å²) in [4.78, 5) is 26.7. The van der Waals surface area contributed by atoms with E-state index in [0.29, 0.717) is 25.4 Å². The number of aromatic nitrogens is 2. The van der Waals surface area contributed by atoms with Crippen LogP contribution >= 0.6 is 0 Å². The van der Waals surface area contributed by atoms with E-state index in [1.807, 2.05) is 11.7 Å². The monoisotopic (exact) mass is 350 g/mol. The summed E-state index contributed by atoms with van der Waals surface area (Å²) in [7, 11) is 5.03. The minimum atomic E-state index is -0.843. The Kier molecular flexibility index (Phi) is 5.10. The fourth-order valence-corrected chi connectivity index (χ4v) is 3.69. The van der Waals surface area contributed by atoms with E-state index in [1.54, 1.807) is 19.1 Å². The van der Waals surface area contributed by atoms with E-state index in [4.69, 9.17) is 9.47 Å². The molecular formula is C17H26N4O4. The van der Waals surface area contributed by atoms with Crippen LogP contribution in [0.5, 0.6) is 0 Å². The third kappa shape index (κ3) is 3.41. The first-order valence-electron chi connectivity index (χ1n) is 8.67. The number of hydrogen-bond acceptors (Lipinski definition) is 5. The quantitative estimate of drug-likeness (QED) is 0.820. The van der Waals surface area contributed by atoms with Gasteiger partial charge in [-0.25, -0.2) is 0 Å². The second-order valence-corrected chi connectivity index (χ2v) is 6.77. The number of rotatable bonds is 4. The van der Waals surface area contributed by atoms with Crippen molar-refractivity contribution in [3.63, 3.8) is 0 Å². The van der Waals surface area contributed by atoms with E-state index in [1.165, 1.54) is 0 Å². The van der Waals surface area contributed by atoms with Crippen LogP contribution in [-0.4, -0.2) is 72.6 Å². The van der Waals surface area contributed by atoms with E-state index in [9.17, 15) is 9.59 Å². The number of amides is 2. The van der Waals surface area contributed by atoms with Gasteiger partial charge in [-0.2, -0.15) is 5.10 Å². The van der Waals surface area contributed by atoms with Crippen LogP contribution in [0.4, 0.5) is 0 Å². The Morgan fingerprint density at radius 3 is 2.92 bits per heavy atom. The zero-order chi connectivity index (χ0) is 18.0. The molecule has 0 aromatic carbocycles. The molecule has 0 unspecified atom stereocenters. The minimum Gasteiger partial charge on any atom is -0.377 e. The van der Waals surface area contributed by atoms with Gasteiger partial charge in [0.25, 0.3) is 5.91 Å². The fourth-order valence-electron chi connectivity index (χ4n) is 3.69. The van der Waals surface area contributed by atoms with Gasteiger partial charge in [0.2, 0.25) is 5.91 Å². The van der Waals surface area contributed by atoms with Gasteiger partial charge in [-0.1, -0.05) is 0 Å². The standard InChI is InChI=1S/C17H26N4O4/c1-18-14(22)9-17(24-3)10-21(7-8-25-11-17)16(23)15-12-5-4-6-13(12)20(2)19-15/h4-11H2,1-3H3,(H,18,22)/t17-/m0/s1. The summed E-state index contributed by atoms with van der Waals surface area (Å²) < 4.78 is 13.1. The molecule has 1 fully saturated rings. The van der Waals surface area contributed by atoms with E-state index >= 15 is 0 Å². The maximum atomic E-state index is 13.1. The van der Waals surface area contributed by atoms with Crippen LogP contribution in [0.25, 0.3) is 0 Å². The van der Waals surface area contributed by atoms with Gasteiger partial charge in [0.15, 0.2) is 5.69 Å². The van der Waals surface area contributed by atoms with E-state index < -0.39 is 5.60 Å². The molecule has 1 saturated heterocycles. The molecule has 0 spiro atoms. The normalized spacial score (nSPS) is 23.2. The Hall–Kier alpha value is -1.93. The second-order valence-electron chi connectivity index (χ2n) is 6.77. The van der Waals surface area contributed by atoms with Crippen LogP contribution in [0.15, 0.2) is 0 Å². The third-order valence-corrected chi connectivity index (χ3v) is 5.15. The first kappa shape index (κ1) is 17.9. The summed E-state index contributed by atoms with van der Waals surface area (Å²) in [6, 6.07) is 0. The van der Waals surface area contributed by atoms with Gasteiger partial charge < -0.3 is 19.7 Å². The number of carbonyl (C=O) groups excluding carboxylic acids is 2. The Labute approximate surface area is 147 Å². The molecule has 1 aliphatic carbocycles. The van der Waals surface area contributed by atoms with Crippen LogP contribution in [0, 0.1) is 0 Å². The predicted molar refractivity (Wildman–Crippen MR) is 90.4 cm³/mol. The van der Waals surface area contributed by atoms with Crippen LogP contribution in [0.1, 0.15) is 34.6 Å². The Morgan fingerprint density at radius 2 is 2.20 bits per heavy atom. The summed E-state index contributed by atoms with van der Waals surface area (Å²) in [6.07, 6.45) is 3.06. The number of aryl methyl sites for hydroxylation is 1. The number of hydrogen-bond donors (Lipinski definition) is 1. The third-order valence-electron chi connectivity index (χ3n) is 5.15. The largest absolute Gasteiger partial charge is 0.377 e. The lowest BCUT2D eigenvalue weighted by Gasteiger charge is -2.33. The molecule has 1 aromatic heterocycles. The number of nitrogens with zero attached hydrogens (tertiary/aromatic N) is 3. The van der Waals surface area contributed by atoms with Gasteiger partial charge >= 0.3 is 0 Å². The molecule has 0 saturated carbocycles. The van der Waals surface area contributed by atoms with Crippen molar-refractivity contribution in [1.29, 1.82) is 0 Å². The topological polar surface area (TPSA) is 85.7 Å². The number of fused-ring (bicyclic) bond motifs is 1. The molecule has 2 amide bonds. The molecule has 1 aliphatic heterocycles. The molecule has 2 aliphatic rings. The van der Waals surface area contributed by atoms with E-state index in [-0.39, 0.29) is 24.8 Å². The highest BCUT2D eigenvalue weighted by Crippen LogP contribution is 2.27. The average molecular weight is 350 g/mol. The van der Waals surface area contributed by atoms with Crippen molar-refractivity contribution >= 4 is 11.8 Å². The van der Waals surface area contributed by atoms with Crippen molar-refractivity contribution in [3.8, 4) is 0 Å². The fraction of sp³-hybridized carbons (Fsp3) is 0.706. The van der Waals surface area contributed by atoms with Gasteiger partial charge in [0.1, 0.15) is 5.60 Å². The van der Waals surface area contributed by atoms with E-state index in [0.717, 1.165) is 30.5 Å². The summed E-state index contributed by atoms with van der Waals surface area (Å²) in [6.45, 7) is 1.46. The molecule has 3 rings (SSSR count). The molecule has 8 nitrogen and oxygen atoms in total. The summed E-state index contributed by atoms with van der Waals surface area (Å²) in [5.41, 5.74) is 1.90. The lowest BCUT2D eigenvalue weighted by molar-refractivity contribution is -0.131. The molecule has 0 bridgehead atoms.